The molecule has 0 radical (unpaired) electrons. The maximum absolute atomic E-state index is 12.8. The molecule has 5 nitrogen and oxygen atoms in total. The molecule has 0 bridgehead atoms. The largest absolute Gasteiger partial charge is 0.337 e. The van der Waals surface area contributed by atoms with Crippen LogP contribution in [0.25, 0.3) is 22.0 Å². The normalized spacial score (nSPS) is 16.9. The fourth-order valence-electron chi connectivity index (χ4n) is 4.07. The average molecular weight is 375 g/mol. The predicted octanol–water partition coefficient (Wildman–Crippen LogP) is 3.28. The first-order chi connectivity index (χ1) is 13.5. The van der Waals surface area contributed by atoms with Gasteiger partial charge in [-0.1, -0.05) is 30.3 Å². The fourth-order valence-corrected chi connectivity index (χ4v) is 4.07. The number of carbonyl (C=O) groups is 1. The number of rotatable bonds is 3. The molecule has 0 spiro atoms. The van der Waals surface area contributed by atoms with Crippen LogP contribution in [0.1, 0.15) is 22.3 Å². The van der Waals surface area contributed by atoms with Crippen LogP contribution < -0.4 is 5.56 Å². The van der Waals surface area contributed by atoms with Gasteiger partial charge in [-0.05, 0) is 56.8 Å². The van der Waals surface area contributed by atoms with Gasteiger partial charge in [0.2, 0.25) is 0 Å². The summed E-state index contributed by atoms with van der Waals surface area (Å²) in [5, 5.41) is 1.03. The van der Waals surface area contributed by atoms with E-state index in [2.05, 4.69) is 24.0 Å². The van der Waals surface area contributed by atoms with Crippen LogP contribution in [-0.2, 0) is 0 Å². The van der Waals surface area contributed by atoms with Gasteiger partial charge in [-0.2, -0.15) is 0 Å². The van der Waals surface area contributed by atoms with Crippen molar-refractivity contribution in [2.75, 3.05) is 27.2 Å². The number of carbonyl (C=O) groups excluding carboxylic acids is 1. The quantitative estimate of drug-likeness (QED) is 0.764. The minimum absolute atomic E-state index is 0.0556. The summed E-state index contributed by atoms with van der Waals surface area (Å²) >= 11 is 0. The number of hydrogen-bond donors (Lipinski definition) is 1. The molecule has 0 unspecified atom stereocenters. The number of likely N-dealkylation sites (N-methyl/N-ethyl adjacent to an activating group) is 1. The fraction of sp³-hybridized carbons (Fsp3) is 0.304. The van der Waals surface area contributed by atoms with E-state index < -0.39 is 0 Å². The number of H-pyrrole nitrogens is 1. The molecule has 1 aromatic heterocycles. The average Bonchev–Trinajstić information content (AvgIpc) is 3.18. The first-order valence-electron chi connectivity index (χ1n) is 9.63. The Bertz CT molecular complexity index is 1080. The van der Waals surface area contributed by atoms with Gasteiger partial charge in [-0.3, -0.25) is 9.59 Å². The van der Waals surface area contributed by atoms with Gasteiger partial charge in [0, 0.05) is 35.6 Å². The number of fused-ring (bicyclic) bond motifs is 1. The van der Waals surface area contributed by atoms with Crippen molar-refractivity contribution >= 4 is 16.8 Å². The smallest absolute Gasteiger partial charge is 0.256 e. The van der Waals surface area contributed by atoms with E-state index in [0.717, 1.165) is 41.5 Å². The summed E-state index contributed by atoms with van der Waals surface area (Å²) in [5.41, 5.74) is 3.83. The summed E-state index contributed by atoms with van der Waals surface area (Å²) < 4.78 is 0. The number of benzene rings is 2. The number of nitrogens with zero attached hydrogens (tertiary/aromatic N) is 2. The van der Waals surface area contributed by atoms with Gasteiger partial charge >= 0.3 is 0 Å². The summed E-state index contributed by atoms with van der Waals surface area (Å²) in [6, 6.07) is 15.6. The molecule has 2 aromatic carbocycles. The third kappa shape index (κ3) is 3.22. The molecule has 5 heteroatoms. The molecule has 1 aliphatic rings. The molecule has 144 valence electrons. The van der Waals surface area contributed by atoms with Crippen molar-refractivity contribution in [1.82, 2.24) is 14.8 Å². The lowest BCUT2D eigenvalue weighted by Crippen LogP contribution is -2.34. The van der Waals surface area contributed by atoms with E-state index in [1.54, 1.807) is 0 Å². The monoisotopic (exact) mass is 375 g/mol. The van der Waals surface area contributed by atoms with Crippen molar-refractivity contribution in [3.8, 4) is 11.1 Å². The van der Waals surface area contributed by atoms with E-state index in [-0.39, 0.29) is 11.5 Å². The van der Waals surface area contributed by atoms with E-state index in [1.807, 2.05) is 60.4 Å². The highest BCUT2D eigenvalue weighted by molar-refractivity contribution is 5.95. The molecule has 2 heterocycles. The summed E-state index contributed by atoms with van der Waals surface area (Å²) in [7, 11) is 4.10. The van der Waals surface area contributed by atoms with Gasteiger partial charge in [-0.15, -0.1) is 0 Å². The molecule has 0 aliphatic carbocycles. The van der Waals surface area contributed by atoms with Crippen LogP contribution in [0.2, 0.25) is 0 Å². The SMILES string of the molecule is Cc1c(-c2ccc(C(=O)N3CC[C@H](N(C)C)C3)cc2)c(=O)[nH]c2ccccc12. The second-order valence-electron chi connectivity index (χ2n) is 7.73. The van der Waals surface area contributed by atoms with Crippen LogP contribution in [0.4, 0.5) is 0 Å². The van der Waals surface area contributed by atoms with Gasteiger partial charge in [0.25, 0.3) is 11.5 Å². The lowest BCUT2D eigenvalue weighted by atomic mass is 9.97. The zero-order valence-electron chi connectivity index (χ0n) is 16.5. The minimum atomic E-state index is -0.108. The molecule has 0 saturated carbocycles. The highest BCUT2D eigenvalue weighted by Gasteiger charge is 2.28. The Labute approximate surface area is 164 Å². The number of aryl methyl sites for hydroxylation is 1. The Morgan fingerprint density at radius 1 is 1.11 bits per heavy atom. The summed E-state index contributed by atoms with van der Waals surface area (Å²) in [6.45, 7) is 3.52. The minimum Gasteiger partial charge on any atom is -0.337 e. The number of aromatic nitrogens is 1. The molecule has 28 heavy (non-hydrogen) atoms. The maximum atomic E-state index is 12.8. The van der Waals surface area contributed by atoms with Crippen molar-refractivity contribution < 1.29 is 4.79 Å². The molecular weight excluding hydrogens is 350 g/mol. The molecule has 1 saturated heterocycles. The molecule has 3 aromatic rings. The Morgan fingerprint density at radius 2 is 1.82 bits per heavy atom. The number of amides is 1. The number of hydrogen-bond acceptors (Lipinski definition) is 3. The standard InChI is InChI=1S/C23H25N3O2/c1-15-19-6-4-5-7-20(19)24-22(27)21(15)16-8-10-17(11-9-16)23(28)26-13-12-18(14-26)25(2)3/h4-11,18H,12-14H2,1-3H3,(H,24,27)/t18-/m0/s1. The number of pyridine rings is 1. The van der Waals surface area contributed by atoms with Crippen LogP contribution in [0, 0.1) is 6.92 Å². The first kappa shape index (κ1) is 18.4. The molecule has 1 aliphatic heterocycles. The number of aromatic amines is 1. The van der Waals surface area contributed by atoms with Crippen molar-refractivity contribution in [2.24, 2.45) is 0 Å². The third-order valence-corrected chi connectivity index (χ3v) is 5.78. The first-order valence-corrected chi connectivity index (χ1v) is 9.63. The second-order valence-corrected chi connectivity index (χ2v) is 7.73. The number of para-hydroxylation sites is 1. The zero-order chi connectivity index (χ0) is 19.8. The van der Waals surface area contributed by atoms with Gasteiger partial charge in [0.1, 0.15) is 0 Å². The topological polar surface area (TPSA) is 56.4 Å². The molecule has 1 fully saturated rings. The number of nitrogens with one attached hydrogen (secondary N) is 1. The summed E-state index contributed by atoms with van der Waals surface area (Å²) in [4.78, 5) is 32.5. The molecule has 1 N–H and O–H groups in total. The van der Waals surface area contributed by atoms with Crippen LogP contribution in [-0.4, -0.2) is 53.9 Å². The van der Waals surface area contributed by atoms with Gasteiger partial charge < -0.3 is 14.8 Å². The van der Waals surface area contributed by atoms with Crippen LogP contribution in [0.15, 0.2) is 53.3 Å². The van der Waals surface area contributed by atoms with E-state index >= 15 is 0 Å². The van der Waals surface area contributed by atoms with Crippen LogP contribution >= 0.6 is 0 Å². The summed E-state index contributed by atoms with van der Waals surface area (Å²) in [6.07, 6.45) is 1.00. The lowest BCUT2D eigenvalue weighted by Gasteiger charge is -2.20. The molecular formula is C23H25N3O2. The second kappa shape index (κ2) is 7.24. The van der Waals surface area contributed by atoms with Crippen LogP contribution in [0.3, 0.4) is 0 Å². The molecule has 1 amide bonds. The van der Waals surface area contributed by atoms with Gasteiger partial charge in [-0.25, -0.2) is 0 Å². The number of likely N-dealkylation sites (tertiary alicyclic amines) is 1. The van der Waals surface area contributed by atoms with E-state index in [4.69, 9.17) is 0 Å². The zero-order valence-corrected chi connectivity index (χ0v) is 16.5. The van der Waals surface area contributed by atoms with E-state index in [0.29, 0.717) is 17.2 Å². The maximum Gasteiger partial charge on any atom is 0.256 e. The Balaban J connectivity index is 1.63. The van der Waals surface area contributed by atoms with E-state index in [1.165, 1.54) is 0 Å². The van der Waals surface area contributed by atoms with Crippen LogP contribution in [0.5, 0.6) is 0 Å². The van der Waals surface area contributed by atoms with Crippen molar-refractivity contribution in [3.63, 3.8) is 0 Å². The predicted molar refractivity (Wildman–Crippen MR) is 113 cm³/mol. The Morgan fingerprint density at radius 3 is 2.50 bits per heavy atom. The lowest BCUT2D eigenvalue weighted by molar-refractivity contribution is 0.0783. The van der Waals surface area contributed by atoms with Gasteiger partial charge in [0.15, 0.2) is 0 Å². The Hall–Kier alpha value is -2.92. The third-order valence-electron chi connectivity index (χ3n) is 5.78. The molecule has 1 atom stereocenters. The Kier molecular flexibility index (Phi) is 4.77. The van der Waals surface area contributed by atoms with Gasteiger partial charge in [0.05, 0.1) is 5.56 Å². The van der Waals surface area contributed by atoms with E-state index in [9.17, 15) is 9.59 Å². The highest BCUT2D eigenvalue weighted by atomic mass is 16.2. The highest BCUT2D eigenvalue weighted by Crippen LogP contribution is 2.26. The summed E-state index contributed by atoms with van der Waals surface area (Å²) in [5.74, 6) is 0.0556. The van der Waals surface area contributed by atoms with Crippen molar-refractivity contribution in [2.45, 2.75) is 19.4 Å². The molecule has 4 rings (SSSR count). The van der Waals surface area contributed by atoms with Crippen molar-refractivity contribution in [3.05, 3.63) is 70.0 Å². The van der Waals surface area contributed by atoms with Crippen molar-refractivity contribution in [1.29, 1.82) is 0 Å².